The summed E-state index contributed by atoms with van der Waals surface area (Å²) in [5.74, 6) is -0.243. The lowest BCUT2D eigenvalue weighted by Gasteiger charge is -2.03. The van der Waals surface area contributed by atoms with E-state index < -0.39 is 0 Å². The van der Waals surface area contributed by atoms with Crippen molar-refractivity contribution < 1.29 is 4.79 Å². The molecule has 0 spiro atoms. The molecular formula is C16H15N5OS. The fourth-order valence-corrected chi connectivity index (χ4v) is 2.70. The average Bonchev–Trinajstić information content (AvgIpc) is 3.15. The van der Waals surface area contributed by atoms with Crippen LogP contribution in [0.1, 0.15) is 17.0 Å². The molecule has 0 aliphatic carbocycles. The maximum absolute atomic E-state index is 11.9. The van der Waals surface area contributed by atoms with Crippen LogP contribution >= 0.6 is 11.3 Å². The highest BCUT2D eigenvalue weighted by Crippen LogP contribution is 2.19. The number of rotatable bonds is 4. The molecule has 0 aliphatic rings. The first-order valence-electron chi connectivity index (χ1n) is 7.02. The van der Waals surface area contributed by atoms with Crippen molar-refractivity contribution in [2.24, 2.45) is 0 Å². The number of aryl methyl sites for hydroxylation is 1. The van der Waals surface area contributed by atoms with Crippen molar-refractivity contribution in [3.8, 4) is 5.69 Å². The number of nitrogens with zero attached hydrogens (tertiary/aromatic N) is 4. The van der Waals surface area contributed by atoms with Gasteiger partial charge in [-0.15, -0.1) is 10.2 Å². The number of hydrogen-bond acceptors (Lipinski definition) is 5. The van der Waals surface area contributed by atoms with E-state index in [0.29, 0.717) is 5.13 Å². The van der Waals surface area contributed by atoms with Gasteiger partial charge in [0.05, 0.1) is 11.4 Å². The van der Waals surface area contributed by atoms with Crippen LogP contribution in [0.2, 0.25) is 0 Å². The maximum atomic E-state index is 11.9. The minimum absolute atomic E-state index is 0.243. The lowest BCUT2D eigenvalue weighted by atomic mass is 10.2. The number of carbonyl (C=O) groups excluding carboxylic acids is 1. The van der Waals surface area contributed by atoms with Gasteiger partial charge in [0, 0.05) is 17.3 Å². The molecular weight excluding hydrogens is 310 g/mol. The molecule has 2 aromatic heterocycles. The number of benzene rings is 1. The molecule has 0 radical (unpaired) electrons. The maximum Gasteiger partial charge on any atom is 0.250 e. The van der Waals surface area contributed by atoms with Crippen molar-refractivity contribution in [3.05, 3.63) is 58.9 Å². The monoisotopic (exact) mass is 325 g/mol. The summed E-state index contributed by atoms with van der Waals surface area (Å²) < 4.78 is 1.87. The third-order valence-corrected chi connectivity index (χ3v) is 3.95. The Morgan fingerprint density at radius 2 is 2.04 bits per heavy atom. The molecule has 0 unspecified atom stereocenters. The van der Waals surface area contributed by atoms with E-state index in [-0.39, 0.29) is 5.91 Å². The normalized spacial score (nSPS) is 11.0. The van der Waals surface area contributed by atoms with Crippen molar-refractivity contribution in [1.29, 1.82) is 0 Å². The zero-order chi connectivity index (χ0) is 16.2. The second-order valence-corrected chi connectivity index (χ2v) is 5.73. The van der Waals surface area contributed by atoms with Crippen molar-refractivity contribution in [1.82, 2.24) is 20.0 Å². The third-order valence-electron chi connectivity index (χ3n) is 3.34. The number of anilines is 1. The third kappa shape index (κ3) is 3.35. The van der Waals surface area contributed by atoms with Crippen LogP contribution in [-0.4, -0.2) is 25.9 Å². The molecule has 116 valence electrons. The number of nitrogens with one attached hydrogen (secondary N) is 1. The Morgan fingerprint density at radius 1 is 1.26 bits per heavy atom. The lowest BCUT2D eigenvalue weighted by Crippen LogP contribution is -2.07. The highest BCUT2D eigenvalue weighted by molar-refractivity contribution is 7.13. The van der Waals surface area contributed by atoms with E-state index in [1.54, 1.807) is 11.6 Å². The lowest BCUT2D eigenvalue weighted by molar-refractivity contribution is -0.111. The summed E-state index contributed by atoms with van der Waals surface area (Å²) in [5.41, 5.74) is 5.34. The number of para-hydroxylation sites is 1. The van der Waals surface area contributed by atoms with Crippen molar-refractivity contribution in [2.75, 3.05) is 5.32 Å². The Labute approximate surface area is 137 Å². The number of amides is 1. The van der Waals surface area contributed by atoms with E-state index in [9.17, 15) is 4.79 Å². The second kappa shape index (κ2) is 6.53. The predicted molar refractivity (Wildman–Crippen MR) is 90.6 cm³/mol. The van der Waals surface area contributed by atoms with E-state index in [2.05, 4.69) is 20.6 Å². The fourth-order valence-electron chi connectivity index (χ4n) is 2.25. The molecule has 3 aromatic rings. The van der Waals surface area contributed by atoms with E-state index >= 15 is 0 Å². The van der Waals surface area contributed by atoms with Gasteiger partial charge < -0.3 is 0 Å². The Balaban J connectivity index is 1.82. The van der Waals surface area contributed by atoms with E-state index in [1.807, 2.05) is 48.9 Å². The van der Waals surface area contributed by atoms with Crippen molar-refractivity contribution in [3.63, 3.8) is 0 Å². The molecule has 1 aromatic carbocycles. The van der Waals surface area contributed by atoms with Crippen LogP contribution in [0, 0.1) is 13.8 Å². The standard InChI is InChI=1S/C16H15N5OS/c1-11-14(8-9-15(22)18-16-19-17-10-23-16)12(2)21(20-11)13-6-4-3-5-7-13/h3-10H,1-2H3,(H,18,19,22)/b9-8+. The summed E-state index contributed by atoms with van der Waals surface area (Å²) in [6, 6.07) is 9.89. The van der Waals surface area contributed by atoms with Gasteiger partial charge in [0.25, 0.3) is 0 Å². The zero-order valence-corrected chi connectivity index (χ0v) is 13.5. The minimum atomic E-state index is -0.243. The van der Waals surface area contributed by atoms with Gasteiger partial charge in [-0.3, -0.25) is 10.1 Å². The number of aromatic nitrogens is 4. The Hall–Kier alpha value is -2.80. The number of carbonyl (C=O) groups is 1. The summed E-state index contributed by atoms with van der Waals surface area (Å²) >= 11 is 1.28. The van der Waals surface area contributed by atoms with Gasteiger partial charge in [0.15, 0.2) is 0 Å². The molecule has 23 heavy (non-hydrogen) atoms. The van der Waals surface area contributed by atoms with Gasteiger partial charge >= 0.3 is 0 Å². The van der Waals surface area contributed by atoms with Crippen LogP contribution in [-0.2, 0) is 4.79 Å². The molecule has 6 nitrogen and oxygen atoms in total. The quantitative estimate of drug-likeness (QED) is 0.749. The SMILES string of the molecule is Cc1nn(-c2ccccc2)c(C)c1/C=C/C(=O)Nc1nncs1. The predicted octanol–water partition coefficient (Wildman–Crippen LogP) is 2.99. The first kappa shape index (κ1) is 15.1. The van der Waals surface area contributed by atoms with E-state index in [0.717, 1.165) is 22.6 Å². The molecule has 0 saturated heterocycles. The van der Waals surface area contributed by atoms with E-state index in [1.165, 1.54) is 17.4 Å². The first-order chi connectivity index (χ1) is 11.1. The molecule has 3 rings (SSSR count). The molecule has 0 saturated carbocycles. The van der Waals surface area contributed by atoms with Crippen LogP contribution in [0.4, 0.5) is 5.13 Å². The summed E-state index contributed by atoms with van der Waals surface area (Å²) in [6.45, 7) is 3.91. The van der Waals surface area contributed by atoms with Gasteiger partial charge in [0.1, 0.15) is 5.51 Å². The molecule has 0 fully saturated rings. The summed E-state index contributed by atoms with van der Waals surface area (Å²) in [5, 5.41) is 15.1. The highest BCUT2D eigenvalue weighted by atomic mass is 32.1. The van der Waals surface area contributed by atoms with Crippen molar-refractivity contribution >= 4 is 28.5 Å². The molecule has 0 bridgehead atoms. The molecule has 0 aliphatic heterocycles. The van der Waals surface area contributed by atoms with E-state index in [4.69, 9.17) is 0 Å². The number of hydrogen-bond donors (Lipinski definition) is 1. The van der Waals surface area contributed by atoms with Gasteiger partial charge in [-0.25, -0.2) is 4.68 Å². The van der Waals surface area contributed by atoms with Gasteiger partial charge in [0.2, 0.25) is 11.0 Å². The minimum Gasteiger partial charge on any atom is -0.297 e. The molecule has 1 amide bonds. The highest BCUT2D eigenvalue weighted by Gasteiger charge is 2.11. The largest absolute Gasteiger partial charge is 0.297 e. The van der Waals surface area contributed by atoms with Crippen LogP contribution in [0.15, 0.2) is 41.9 Å². The van der Waals surface area contributed by atoms with Crippen LogP contribution in [0.3, 0.4) is 0 Å². The van der Waals surface area contributed by atoms with Gasteiger partial charge in [-0.2, -0.15) is 5.10 Å². The van der Waals surface area contributed by atoms with Gasteiger partial charge in [-0.05, 0) is 32.1 Å². The first-order valence-corrected chi connectivity index (χ1v) is 7.90. The smallest absolute Gasteiger partial charge is 0.250 e. The molecule has 0 atom stereocenters. The molecule has 7 heteroatoms. The Kier molecular flexibility index (Phi) is 4.29. The van der Waals surface area contributed by atoms with Crippen LogP contribution in [0.25, 0.3) is 11.8 Å². The second-order valence-electron chi connectivity index (χ2n) is 4.90. The molecule has 1 N–H and O–H groups in total. The fraction of sp³-hybridized carbons (Fsp3) is 0.125. The Bertz CT molecular complexity index is 837. The zero-order valence-electron chi connectivity index (χ0n) is 12.7. The topological polar surface area (TPSA) is 72.7 Å². The van der Waals surface area contributed by atoms with Gasteiger partial charge in [-0.1, -0.05) is 29.5 Å². The summed E-state index contributed by atoms with van der Waals surface area (Å²) in [4.78, 5) is 11.9. The summed E-state index contributed by atoms with van der Waals surface area (Å²) in [6.07, 6.45) is 3.25. The van der Waals surface area contributed by atoms with Crippen LogP contribution in [0.5, 0.6) is 0 Å². The summed E-state index contributed by atoms with van der Waals surface area (Å²) in [7, 11) is 0. The molecule has 2 heterocycles. The average molecular weight is 325 g/mol. The van der Waals surface area contributed by atoms with Crippen LogP contribution < -0.4 is 5.32 Å². The van der Waals surface area contributed by atoms with Crippen molar-refractivity contribution in [2.45, 2.75) is 13.8 Å². The Morgan fingerprint density at radius 3 is 2.74 bits per heavy atom.